The number of nitrogens with zero attached hydrogens (tertiary/aromatic N) is 2. The van der Waals surface area contributed by atoms with Crippen LogP contribution in [0.3, 0.4) is 0 Å². The Morgan fingerprint density at radius 3 is 2.88 bits per heavy atom. The van der Waals surface area contributed by atoms with Crippen LogP contribution < -0.4 is 10.5 Å². The van der Waals surface area contributed by atoms with Crippen molar-refractivity contribution in [1.29, 1.82) is 0 Å². The Balaban J connectivity index is 0.00000108. The molecular weight excluding hydrogens is 238 g/mol. The average molecular weight is 254 g/mol. The zero-order chi connectivity index (χ0) is 11.1. The third kappa shape index (κ3) is 2.17. The Morgan fingerprint density at radius 1 is 1.47 bits per heavy atom. The second kappa shape index (κ2) is 4.45. The van der Waals surface area contributed by atoms with Crippen LogP contribution in [0.4, 0.5) is 5.69 Å². The molecule has 2 aromatic heterocycles. The first-order valence-corrected chi connectivity index (χ1v) is 5.69. The van der Waals surface area contributed by atoms with Crippen molar-refractivity contribution in [3.8, 4) is 5.75 Å². The summed E-state index contributed by atoms with van der Waals surface area (Å²) in [4.78, 5) is 4.59. The molecule has 1 aliphatic rings. The van der Waals surface area contributed by atoms with Crippen LogP contribution in [-0.4, -0.2) is 16.0 Å². The molecule has 1 fully saturated rings. The van der Waals surface area contributed by atoms with Gasteiger partial charge in [-0.2, -0.15) is 0 Å². The number of ether oxygens (including phenoxy) is 1. The van der Waals surface area contributed by atoms with E-state index in [0.717, 1.165) is 11.4 Å². The molecule has 0 atom stereocenters. The van der Waals surface area contributed by atoms with E-state index in [1.165, 1.54) is 18.5 Å². The minimum Gasteiger partial charge on any atom is -0.492 e. The van der Waals surface area contributed by atoms with E-state index < -0.39 is 0 Å². The van der Waals surface area contributed by atoms with E-state index in [1.54, 1.807) is 0 Å². The van der Waals surface area contributed by atoms with E-state index in [0.29, 0.717) is 18.2 Å². The van der Waals surface area contributed by atoms with Gasteiger partial charge < -0.3 is 14.9 Å². The summed E-state index contributed by atoms with van der Waals surface area (Å²) in [5, 5.41) is 0. The van der Waals surface area contributed by atoms with E-state index in [1.807, 2.05) is 23.6 Å². The number of nitrogen functional groups attached to an aromatic ring is 1. The lowest BCUT2D eigenvalue weighted by Gasteiger charge is -2.06. The van der Waals surface area contributed by atoms with Crippen molar-refractivity contribution in [1.82, 2.24) is 9.38 Å². The molecule has 0 bridgehead atoms. The SMILES string of the molecule is CCOc1cc2nc(C3CC3)cn2cc1N.Cl. The lowest BCUT2D eigenvalue weighted by atomic mass is 10.3. The molecule has 0 aliphatic heterocycles. The molecule has 2 heterocycles. The van der Waals surface area contributed by atoms with Crippen LogP contribution in [0.25, 0.3) is 5.65 Å². The Hall–Kier alpha value is -1.42. The molecule has 0 amide bonds. The molecule has 0 saturated heterocycles. The summed E-state index contributed by atoms with van der Waals surface area (Å²) in [5.74, 6) is 1.39. The molecule has 92 valence electrons. The van der Waals surface area contributed by atoms with Gasteiger partial charge >= 0.3 is 0 Å². The zero-order valence-electron chi connectivity index (χ0n) is 9.72. The van der Waals surface area contributed by atoms with E-state index in [2.05, 4.69) is 11.2 Å². The fraction of sp³-hybridized carbons (Fsp3) is 0.417. The molecule has 5 heteroatoms. The van der Waals surface area contributed by atoms with Gasteiger partial charge in [0, 0.05) is 24.4 Å². The van der Waals surface area contributed by atoms with Gasteiger partial charge in [-0.05, 0) is 19.8 Å². The summed E-state index contributed by atoms with van der Waals surface area (Å²) in [6.45, 7) is 2.57. The van der Waals surface area contributed by atoms with E-state index in [9.17, 15) is 0 Å². The third-order valence-corrected chi connectivity index (χ3v) is 2.90. The Labute approximate surface area is 106 Å². The number of imidazole rings is 1. The Bertz CT molecular complexity index is 534. The van der Waals surface area contributed by atoms with Crippen LogP contribution in [0.5, 0.6) is 5.75 Å². The number of halogens is 1. The summed E-state index contributed by atoms with van der Waals surface area (Å²) in [6, 6.07) is 1.91. The standard InChI is InChI=1S/C12H15N3O.ClH/c1-2-16-11-5-12-14-10(8-3-4-8)7-15(12)6-9(11)13;/h5-8H,2-4,13H2,1H3;1H. The maximum atomic E-state index is 5.90. The van der Waals surface area contributed by atoms with Gasteiger partial charge in [0.05, 0.1) is 18.0 Å². The highest BCUT2D eigenvalue weighted by Gasteiger charge is 2.26. The van der Waals surface area contributed by atoms with Crippen LogP contribution in [0.15, 0.2) is 18.5 Å². The molecule has 17 heavy (non-hydrogen) atoms. The van der Waals surface area contributed by atoms with Crippen molar-refractivity contribution < 1.29 is 4.74 Å². The first kappa shape index (κ1) is 12.0. The number of anilines is 1. The highest BCUT2D eigenvalue weighted by atomic mass is 35.5. The zero-order valence-corrected chi connectivity index (χ0v) is 10.5. The predicted molar refractivity (Wildman–Crippen MR) is 70.0 cm³/mol. The van der Waals surface area contributed by atoms with Gasteiger partial charge in [-0.1, -0.05) is 0 Å². The first-order valence-electron chi connectivity index (χ1n) is 5.69. The lowest BCUT2D eigenvalue weighted by Crippen LogP contribution is -1.98. The van der Waals surface area contributed by atoms with Gasteiger partial charge in [0.25, 0.3) is 0 Å². The first-order chi connectivity index (χ1) is 7.78. The smallest absolute Gasteiger partial charge is 0.147 e. The minimum absolute atomic E-state index is 0. The molecule has 0 aromatic carbocycles. The lowest BCUT2D eigenvalue weighted by molar-refractivity contribution is 0.342. The largest absolute Gasteiger partial charge is 0.492 e. The van der Waals surface area contributed by atoms with Gasteiger partial charge in [0.2, 0.25) is 0 Å². The van der Waals surface area contributed by atoms with Crippen molar-refractivity contribution in [2.24, 2.45) is 0 Å². The average Bonchev–Trinajstić information content (AvgIpc) is 3.02. The van der Waals surface area contributed by atoms with E-state index in [-0.39, 0.29) is 12.4 Å². The number of fused-ring (bicyclic) bond motifs is 1. The molecule has 1 aliphatic carbocycles. The van der Waals surface area contributed by atoms with Crippen molar-refractivity contribution in [3.63, 3.8) is 0 Å². The highest BCUT2D eigenvalue weighted by molar-refractivity contribution is 5.85. The van der Waals surface area contributed by atoms with Crippen molar-refractivity contribution >= 4 is 23.7 Å². The van der Waals surface area contributed by atoms with Crippen LogP contribution in [-0.2, 0) is 0 Å². The van der Waals surface area contributed by atoms with Crippen LogP contribution in [0, 0.1) is 0 Å². The van der Waals surface area contributed by atoms with Gasteiger partial charge in [-0.3, -0.25) is 0 Å². The second-order valence-corrected chi connectivity index (χ2v) is 4.23. The fourth-order valence-corrected chi connectivity index (χ4v) is 1.91. The Morgan fingerprint density at radius 2 is 2.24 bits per heavy atom. The number of pyridine rings is 1. The summed E-state index contributed by atoms with van der Waals surface area (Å²) < 4.78 is 7.43. The van der Waals surface area contributed by atoms with Crippen molar-refractivity contribution in [3.05, 3.63) is 24.2 Å². The minimum atomic E-state index is 0. The molecule has 0 unspecified atom stereocenters. The summed E-state index contributed by atoms with van der Waals surface area (Å²) in [6.07, 6.45) is 6.47. The van der Waals surface area contributed by atoms with Crippen LogP contribution in [0.1, 0.15) is 31.4 Å². The number of rotatable bonds is 3. The predicted octanol–water partition coefficient (Wildman–Crippen LogP) is 2.61. The van der Waals surface area contributed by atoms with E-state index >= 15 is 0 Å². The van der Waals surface area contributed by atoms with Gasteiger partial charge in [0.1, 0.15) is 11.4 Å². The third-order valence-electron chi connectivity index (χ3n) is 2.90. The fourth-order valence-electron chi connectivity index (χ4n) is 1.91. The van der Waals surface area contributed by atoms with Gasteiger partial charge in [-0.15, -0.1) is 12.4 Å². The highest BCUT2D eigenvalue weighted by Crippen LogP contribution is 2.39. The number of hydrogen-bond donors (Lipinski definition) is 1. The van der Waals surface area contributed by atoms with Gasteiger partial charge in [0.15, 0.2) is 0 Å². The molecule has 3 rings (SSSR count). The van der Waals surface area contributed by atoms with Crippen molar-refractivity contribution in [2.75, 3.05) is 12.3 Å². The summed E-state index contributed by atoms with van der Waals surface area (Å²) in [5.41, 5.74) is 8.65. The maximum absolute atomic E-state index is 5.90. The second-order valence-electron chi connectivity index (χ2n) is 4.23. The molecule has 1 saturated carbocycles. The molecule has 2 aromatic rings. The van der Waals surface area contributed by atoms with E-state index in [4.69, 9.17) is 10.5 Å². The maximum Gasteiger partial charge on any atom is 0.147 e. The monoisotopic (exact) mass is 253 g/mol. The Kier molecular flexibility index (Phi) is 3.15. The molecule has 4 nitrogen and oxygen atoms in total. The number of hydrogen-bond acceptors (Lipinski definition) is 3. The summed E-state index contributed by atoms with van der Waals surface area (Å²) >= 11 is 0. The van der Waals surface area contributed by atoms with Gasteiger partial charge in [-0.25, -0.2) is 4.98 Å². The number of nitrogens with two attached hydrogens (primary N) is 1. The molecule has 2 N–H and O–H groups in total. The number of aromatic nitrogens is 2. The molecule has 0 radical (unpaired) electrons. The van der Waals surface area contributed by atoms with Crippen LogP contribution >= 0.6 is 12.4 Å². The quantitative estimate of drug-likeness (QED) is 0.915. The summed E-state index contributed by atoms with van der Waals surface area (Å²) in [7, 11) is 0. The van der Waals surface area contributed by atoms with Crippen molar-refractivity contribution in [2.45, 2.75) is 25.7 Å². The normalized spacial score (nSPS) is 14.6. The molecule has 0 spiro atoms. The molecular formula is C12H16ClN3O. The van der Waals surface area contributed by atoms with Crippen LogP contribution in [0.2, 0.25) is 0 Å². The topological polar surface area (TPSA) is 52.5 Å².